The van der Waals surface area contributed by atoms with E-state index >= 15 is 0 Å². The van der Waals surface area contributed by atoms with Crippen LogP contribution in [0.5, 0.6) is 0 Å². The molecule has 0 fully saturated rings. The average Bonchev–Trinajstić information content (AvgIpc) is 3.13. The van der Waals surface area contributed by atoms with E-state index in [1.54, 1.807) is 4.52 Å². The number of anilines is 1. The van der Waals surface area contributed by atoms with Crippen molar-refractivity contribution in [2.45, 2.75) is 40.2 Å². The van der Waals surface area contributed by atoms with E-state index in [-0.39, 0.29) is 24.9 Å². The van der Waals surface area contributed by atoms with E-state index in [1.807, 2.05) is 26.2 Å². The van der Waals surface area contributed by atoms with Crippen LogP contribution in [-0.4, -0.2) is 30.5 Å². The first-order valence-corrected chi connectivity index (χ1v) is 8.49. The molecular formula is C15H20ClN7OS. The second kappa shape index (κ2) is 7.85. The fourth-order valence-electron chi connectivity index (χ4n) is 2.53. The molecule has 0 radical (unpaired) electrons. The highest BCUT2D eigenvalue weighted by molar-refractivity contribution is 7.13. The summed E-state index contributed by atoms with van der Waals surface area (Å²) < 4.78 is 1.69. The first-order chi connectivity index (χ1) is 11.5. The predicted octanol–water partition coefficient (Wildman–Crippen LogP) is 1.96. The van der Waals surface area contributed by atoms with Gasteiger partial charge in [-0.25, -0.2) is 14.5 Å². The van der Waals surface area contributed by atoms with Crippen molar-refractivity contribution >= 4 is 40.6 Å². The number of carbonyl (C=O) groups is 1. The minimum absolute atomic E-state index is 0. The van der Waals surface area contributed by atoms with E-state index in [0.29, 0.717) is 29.6 Å². The Hall–Kier alpha value is -2.10. The first-order valence-electron chi connectivity index (χ1n) is 7.61. The molecule has 0 saturated carbocycles. The Morgan fingerprint density at radius 2 is 2.04 bits per heavy atom. The molecule has 0 unspecified atom stereocenters. The number of hydrogen-bond donors (Lipinski definition) is 2. The molecular weight excluding hydrogens is 362 g/mol. The largest absolute Gasteiger partial charge is 0.324 e. The van der Waals surface area contributed by atoms with E-state index in [2.05, 4.69) is 25.4 Å². The van der Waals surface area contributed by atoms with Gasteiger partial charge < -0.3 is 11.1 Å². The Kier molecular flexibility index (Phi) is 6.04. The number of halogens is 1. The van der Waals surface area contributed by atoms with Gasteiger partial charge in [-0.3, -0.25) is 4.79 Å². The van der Waals surface area contributed by atoms with Crippen LogP contribution < -0.4 is 11.1 Å². The molecule has 134 valence electrons. The van der Waals surface area contributed by atoms with Crippen molar-refractivity contribution in [2.75, 3.05) is 5.32 Å². The van der Waals surface area contributed by atoms with Gasteiger partial charge in [0.1, 0.15) is 0 Å². The maximum Gasteiger partial charge on any atom is 0.252 e. The molecule has 0 aliphatic rings. The molecule has 3 aromatic heterocycles. The van der Waals surface area contributed by atoms with Crippen molar-refractivity contribution in [1.82, 2.24) is 24.6 Å². The van der Waals surface area contributed by atoms with E-state index in [0.717, 1.165) is 22.6 Å². The summed E-state index contributed by atoms with van der Waals surface area (Å²) in [5, 5.41) is 9.69. The zero-order valence-electron chi connectivity index (χ0n) is 14.2. The molecule has 0 atom stereocenters. The van der Waals surface area contributed by atoms with Gasteiger partial charge >= 0.3 is 0 Å². The van der Waals surface area contributed by atoms with Gasteiger partial charge in [-0.15, -0.1) is 28.8 Å². The van der Waals surface area contributed by atoms with Crippen molar-refractivity contribution < 1.29 is 4.79 Å². The summed E-state index contributed by atoms with van der Waals surface area (Å²) in [4.78, 5) is 25.1. The van der Waals surface area contributed by atoms with Crippen LogP contribution in [0.1, 0.15) is 34.9 Å². The molecule has 0 saturated heterocycles. The summed E-state index contributed by atoms with van der Waals surface area (Å²) in [6, 6.07) is 0. The fourth-order valence-corrected chi connectivity index (χ4v) is 3.23. The Labute approximate surface area is 155 Å². The Balaban J connectivity index is 0.00000225. The second-order valence-corrected chi connectivity index (χ2v) is 6.41. The fraction of sp³-hybridized carbons (Fsp3) is 0.400. The lowest BCUT2D eigenvalue weighted by Crippen LogP contribution is -2.14. The predicted molar refractivity (Wildman–Crippen MR) is 99.2 cm³/mol. The topological polar surface area (TPSA) is 111 Å². The molecule has 0 spiro atoms. The number of amides is 1. The third-order valence-corrected chi connectivity index (χ3v) is 4.62. The van der Waals surface area contributed by atoms with Crippen LogP contribution in [0.25, 0.3) is 5.78 Å². The summed E-state index contributed by atoms with van der Waals surface area (Å²) in [7, 11) is 0. The van der Waals surface area contributed by atoms with Gasteiger partial charge in [-0.2, -0.15) is 4.98 Å². The van der Waals surface area contributed by atoms with E-state index in [9.17, 15) is 4.79 Å². The molecule has 3 heterocycles. The van der Waals surface area contributed by atoms with Gasteiger partial charge in [0, 0.05) is 23.2 Å². The standard InChI is InChI=1S/C15H19N7OS.ClH/c1-8-7-24-15(17-8)20-13(23)5-4-11-9(2)18-14-19-12(6-16)21-22(14)10(11)3;/h7H,4-6,16H2,1-3H3,(H,17,20,23);1H. The monoisotopic (exact) mass is 381 g/mol. The van der Waals surface area contributed by atoms with Gasteiger partial charge in [-0.1, -0.05) is 0 Å². The smallest absolute Gasteiger partial charge is 0.252 e. The molecule has 0 bridgehead atoms. The highest BCUT2D eigenvalue weighted by Crippen LogP contribution is 2.17. The molecule has 10 heteroatoms. The number of aromatic nitrogens is 5. The molecule has 25 heavy (non-hydrogen) atoms. The van der Waals surface area contributed by atoms with Gasteiger partial charge in [0.15, 0.2) is 11.0 Å². The number of thiazole rings is 1. The van der Waals surface area contributed by atoms with Crippen molar-refractivity contribution in [3.63, 3.8) is 0 Å². The number of rotatable bonds is 5. The molecule has 0 aromatic carbocycles. The van der Waals surface area contributed by atoms with Crippen LogP contribution in [0.3, 0.4) is 0 Å². The summed E-state index contributed by atoms with van der Waals surface area (Å²) in [5.74, 6) is 1.03. The lowest BCUT2D eigenvalue weighted by Gasteiger charge is -2.10. The highest BCUT2D eigenvalue weighted by Gasteiger charge is 2.14. The van der Waals surface area contributed by atoms with E-state index < -0.39 is 0 Å². The number of nitrogens with two attached hydrogens (primary N) is 1. The molecule has 0 aliphatic carbocycles. The van der Waals surface area contributed by atoms with Gasteiger partial charge in [0.2, 0.25) is 5.91 Å². The van der Waals surface area contributed by atoms with Crippen LogP contribution in [0.4, 0.5) is 5.13 Å². The first kappa shape index (κ1) is 19.2. The minimum atomic E-state index is -0.0653. The number of hydrogen-bond acceptors (Lipinski definition) is 7. The summed E-state index contributed by atoms with van der Waals surface area (Å²) in [6.45, 7) is 6.04. The minimum Gasteiger partial charge on any atom is -0.324 e. The number of nitrogens with zero attached hydrogens (tertiary/aromatic N) is 5. The van der Waals surface area contributed by atoms with Gasteiger partial charge in [-0.05, 0) is 32.8 Å². The van der Waals surface area contributed by atoms with Gasteiger partial charge in [0.05, 0.1) is 12.2 Å². The third-order valence-electron chi connectivity index (χ3n) is 3.74. The van der Waals surface area contributed by atoms with Crippen LogP contribution in [0, 0.1) is 20.8 Å². The van der Waals surface area contributed by atoms with Crippen molar-refractivity contribution in [2.24, 2.45) is 5.73 Å². The lowest BCUT2D eigenvalue weighted by atomic mass is 10.1. The van der Waals surface area contributed by atoms with Gasteiger partial charge in [0.25, 0.3) is 5.78 Å². The zero-order chi connectivity index (χ0) is 17.3. The summed E-state index contributed by atoms with van der Waals surface area (Å²) in [5.41, 5.74) is 9.28. The Bertz CT molecular complexity index is 905. The highest BCUT2D eigenvalue weighted by atomic mass is 35.5. The van der Waals surface area contributed by atoms with Crippen LogP contribution in [-0.2, 0) is 17.8 Å². The molecule has 3 aromatic rings. The van der Waals surface area contributed by atoms with Crippen LogP contribution in [0.15, 0.2) is 5.38 Å². The Morgan fingerprint density at radius 1 is 1.28 bits per heavy atom. The number of fused-ring (bicyclic) bond motifs is 1. The van der Waals surface area contributed by atoms with E-state index in [4.69, 9.17) is 5.73 Å². The summed E-state index contributed by atoms with van der Waals surface area (Å²) >= 11 is 1.42. The molecule has 8 nitrogen and oxygen atoms in total. The summed E-state index contributed by atoms with van der Waals surface area (Å²) in [6.07, 6.45) is 0.931. The number of nitrogens with one attached hydrogen (secondary N) is 1. The number of aryl methyl sites for hydroxylation is 3. The van der Waals surface area contributed by atoms with Crippen molar-refractivity contribution in [3.05, 3.63) is 33.8 Å². The average molecular weight is 382 g/mol. The maximum atomic E-state index is 12.1. The zero-order valence-corrected chi connectivity index (χ0v) is 15.9. The maximum absolute atomic E-state index is 12.1. The van der Waals surface area contributed by atoms with Crippen molar-refractivity contribution in [3.8, 4) is 0 Å². The SMILES string of the molecule is Cc1csc(NC(=O)CCc2c(C)nc3nc(CN)nn3c2C)n1.Cl. The van der Waals surface area contributed by atoms with Crippen molar-refractivity contribution in [1.29, 1.82) is 0 Å². The normalized spacial score (nSPS) is 10.7. The lowest BCUT2D eigenvalue weighted by molar-refractivity contribution is -0.116. The van der Waals surface area contributed by atoms with E-state index in [1.165, 1.54) is 11.3 Å². The third kappa shape index (κ3) is 4.12. The van der Waals surface area contributed by atoms with Crippen LogP contribution in [0.2, 0.25) is 0 Å². The number of carbonyl (C=O) groups excluding carboxylic acids is 1. The van der Waals surface area contributed by atoms with Crippen LogP contribution >= 0.6 is 23.7 Å². The quantitative estimate of drug-likeness (QED) is 0.698. The molecule has 0 aliphatic heterocycles. The molecule has 3 N–H and O–H groups in total. The second-order valence-electron chi connectivity index (χ2n) is 5.55. The molecule has 1 amide bonds. The Morgan fingerprint density at radius 3 is 2.68 bits per heavy atom. The molecule has 3 rings (SSSR count).